The average Bonchev–Trinajstić information content (AvgIpc) is 2.60. The molecule has 1 saturated heterocycles. The number of amides is 1. The summed E-state index contributed by atoms with van der Waals surface area (Å²) in [6, 6.07) is 8.84. The smallest absolute Gasteiger partial charge is 0.372 e. The predicted octanol–water partition coefficient (Wildman–Crippen LogP) is 4.56. The van der Waals surface area contributed by atoms with Crippen molar-refractivity contribution in [2.45, 2.75) is 36.5 Å². The number of nitrogens with zero attached hydrogens (tertiary/aromatic N) is 2. The third-order valence-corrected chi connectivity index (χ3v) is 4.84. The molecule has 0 saturated carbocycles. The molecule has 2 unspecified atom stereocenters. The van der Waals surface area contributed by atoms with Gasteiger partial charge in [-0.1, -0.05) is 0 Å². The molecule has 5 nitrogen and oxygen atoms in total. The standard InChI is InChI=1S/C19H20F3N3O2S/c1-12-10-25(11-13(2)27-12)17-8-5-15(9-23-17)24-18(26)14-3-6-16(7-4-14)28-19(20,21)22/h3-9,12-13H,10-11H2,1-2H3,(H,24,26). The number of benzene rings is 1. The maximum absolute atomic E-state index is 12.4. The fourth-order valence-electron chi connectivity index (χ4n) is 3.02. The molecule has 1 N–H and O–H groups in total. The highest BCUT2D eigenvalue weighted by Crippen LogP contribution is 2.36. The maximum atomic E-state index is 12.4. The van der Waals surface area contributed by atoms with Crippen molar-refractivity contribution in [3.05, 3.63) is 48.2 Å². The number of halogens is 3. The highest BCUT2D eigenvalue weighted by Gasteiger charge is 2.29. The molecule has 0 spiro atoms. The van der Waals surface area contributed by atoms with Crippen molar-refractivity contribution in [1.29, 1.82) is 0 Å². The lowest BCUT2D eigenvalue weighted by atomic mass is 10.2. The van der Waals surface area contributed by atoms with Gasteiger partial charge in [0.1, 0.15) is 5.82 Å². The van der Waals surface area contributed by atoms with Crippen LogP contribution in [0, 0.1) is 0 Å². The number of morpholine rings is 1. The second kappa shape index (κ2) is 8.40. The quantitative estimate of drug-likeness (QED) is 0.748. The Kier molecular flexibility index (Phi) is 6.14. The lowest BCUT2D eigenvalue weighted by molar-refractivity contribution is -0.0328. The monoisotopic (exact) mass is 411 g/mol. The topological polar surface area (TPSA) is 54.5 Å². The van der Waals surface area contributed by atoms with E-state index in [1.807, 2.05) is 19.9 Å². The molecule has 1 fully saturated rings. The summed E-state index contributed by atoms with van der Waals surface area (Å²) in [5, 5.41) is 2.70. The first-order valence-electron chi connectivity index (χ1n) is 8.73. The van der Waals surface area contributed by atoms with Crippen LogP contribution in [0.15, 0.2) is 47.5 Å². The van der Waals surface area contributed by atoms with Crippen molar-refractivity contribution in [2.75, 3.05) is 23.3 Å². The van der Waals surface area contributed by atoms with Crippen molar-refractivity contribution >= 4 is 29.2 Å². The summed E-state index contributed by atoms with van der Waals surface area (Å²) in [5.41, 5.74) is -3.57. The summed E-state index contributed by atoms with van der Waals surface area (Å²) in [5.74, 6) is 0.389. The lowest BCUT2D eigenvalue weighted by Crippen LogP contribution is -2.45. The molecule has 9 heteroatoms. The zero-order valence-corrected chi connectivity index (χ0v) is 16.2. The normalized spacial score (nSPS) is 20.1. The van der Waals surface area contributed by atoms with Gasteiger partial charge in [-0.3, -0.25) is 4.79 Å². The van der Waals surface area contributed by atoms with Gasteiger partial charge in [0.2, 0.25) is 0 Å². The molecule has 2 aromatic rings. The van der Waals surface area contributed by atoms with Crippen LogP contribution < -0.4 is 10.2 Å². The minimum Gasteiger partial charge on any atom is -0.372 e. The molecule has 2 heterocycles. The molecule has 0 bridgehead atoms. The van der Waals surface area contributed by atoms with Crippen molar-refractivity contribution in [2.24, 2.45) is 0 Å². The van der Waals surface area contributed by atoms with Crippen molar-refractivity contribution in [3.8, 4) is 0 Å². The zero-order chi connectivity index (χ0) is 20.3. The van der Waals surface area contributed by atoms with Crippen LogP contribution in [0.1, 0.15) is 24.2 Å². The number of alkyl halides is 3. The Bertz CT molecular complexity index is 803. The number of thioether (sulfide) groups is 1. The van der Waals surface area contributed by atoms with Crippen LogP contribution in [0.5, 0.6) is 0 Å². The summed E-state index contributed by atoms with van der Waals surface area (Å²) in [4.78, 5) is 18.8. The van der Waals surface area contributed by atoms with E-state index in [1.54, 1.807) is 12.3 Å². The number of pyridine rings is 1. The number of nitrogens with one attached hydrogen (secondary N) is 1. The van der Waals surface area contributed by atoms with Crippen molar-refractivity contribution in [3.63, 3.8) is 0 Å². The van der Waals surface area contributed by atoms with E-state index in [4.69, 9.17) is 4.74 Å². The molecular formula is C19H20F3N3O2S. The third-order valence-electron chi connectivity index (χ3n) is 4.10. The first kappa shape index (κ1) is 20.5. The molecule has 1 aliphatic heterocycles. The molecule has 0 aliphatic carbocycles. The first-order chi connectivity index (χ1) is 13.2. The van der Waals surface area contributed by atoms with Gasteiger partial charge in [-0.15, -0.1) is 0 Å². The maximum Gasteiger partial charge on any atom is 0.446 e. The van der Waals surface area contributed by atoms with Crippen LogP contribution in [0.25, 0.3) is 0 Å². The molecule has 1 aliphatic rings. The minimum atomic E-state index is -4.35. The number of ether oxygens (including phenoxy) is 1. The Labute approximate surface area is 165 Å². The Morgan fingerprint density at radius 2 is 1.79 bits per heavy atom. The van der Waals surface area contributed by atoms with Crippen LogP contribution >= 0.6 is 11.8 Å². The highest BCUT2D eigenvalue weighted by molar-refractivity contribution is 8.00. The largest absolute Gasteiger partial charge is 0.446 e. The Hall–Kier alpha value is -2.26. The van der Waals surface area contributed by atoms with Gasteiger partial charge >= 0.3 is 5.51 Å². The second-order valence-corrected chi connectivity index (χ2v) is 7.73. The van der Waals surface area contributed by atoms with Crippen LogP contribution in [0.4, 0.5) is 24.7 Å². The molecule has 1 amide bonds. The summed E-state index contributed by atoms with van der Waals surface area (Å²) < 4.78 is 42.8. The van der Waals surface area contributed by atoms with Gasteiger partial charge < -0.3 is 15.0 Å². The van der Waals surface area contributed by atoms with E-state index < -0.39 is 11.4 Å². The average molecular weight is 411 g/mol. The van der Waals surface area contributed by atoms with E-state index in [2.05, 4.69) is 15.2 Å². The summed E-state index contributed by atoms with van der Waals surface area (Å²) in [6.07, 6.45) is 1.79. The van der Waals surface area contributed by atoms with Crippen LogP contribution in [-0.4, -0.2) is 41.7 Å². The van der Waals surface area contributed by atoms with E-state index in [9.17, 15) is 18.0 Å². The predicted molar refractivity (Wildman–Crippen MR) is 103 cm³/mol. The number of hydrogen-bond donors (Lipinski definition) is 1. The Morgan fingerprint density at radius 3 is 2.32 bits per heavy atom. The molecular weight excluding hydrogens is 391 g/mol. The number of hydrogen-bond acceptors (Lipinski definition) is 5. The van der Waals surface area contributed by atoms with E-state index in [-0.39, 0.29) is 34.4 Å². The van der Waals surface area contributed by atoms with Crippen molar-refractivity contribution < 1.29 is 22.7 Å². The third kappa shape index (κ3) is 5.62. The highest BCUT2D eigenvalue weighted by atomic mass is 32.2. The van der Waals surface area contributed by atoms with Crippen LogP contribution in [-0.2, 0) is 4.74 Å². The van der Waals surface area contributed by atoms with Crippen LogP contribution in [0.3, 0.4) is 0 Å². The number of aromatic nitrogens is 1. The molecule has 3 rings (SSSR count). The summed E-state index contributed by atoms with van der Waals surface area (Å²) in [6.45, 7) is 5.50. The van der Waals surface area contributed by atoms with E-state index in [1.165, 1.54) is 24.3 Å². The van der Waals surface area contributed by atoms with E-state index in [0.29, 0.717) is 5.69 Å². The molecule has 28 heavy (non-hydrogen) atoms. The summed E-state index contributed by atoms with van der Waals surface area (Å²) in [7, 11) is 0. The molecule has 1 aromatic carbocycles. The van der Waals surface area contributed by atoms with Gasteiger partial charge in [0, 0.05) is 23.5 Å². The van der Waals surface area contributed by atoms with Gasteiger partial charge in [0.25, 0.3) is 5.91 Å². The first-order valence-corrected chi connectivity index (χ1v) is 9.55. The SMILES string of the molecule is CC1CN(c2ccc(NC(=O)c3ccc(SC(F)(F)F)cc3)cn2)CC(C)O1. The van der Waals surface area contributed by atoms with Gasteiger partial charge in [-0.25, -0.2) is 4.98 Å². The molecule has 1 aromatic heterocycles. The van der Waals surface area contributed by atoms with Crippen LogP contribution in [0.2, 0.25) is 0 Å². The number of rotatable bonds is 4. The fourth-order valence-corrected chi connectivity index (χ4v) is 3.56. The van der Waals surface area contributed by atoms with Gasteiger partial charge in [-0.2, -0.15) is 13.2 Å². The minimum absolute atomic E-state index is 0.0315. The number of carbonyl (C=O) groups is 1. The number of anilines is 2. The molecule has 2 atom stereocenters. The number of carbonyl (C=O) groups excluding carboxylic acids is 1. The fraction of sp³-hybridized carbons (Fsp3) is 0.368. The second-order valence-electron chi connectivity index (χ2n) is 6.59. The molecule has 0 radical (unpaired) electrons. The lowest BCUT2D eigenvalue weighted by Gasteiger charge is -2.36. The molecule has 150 valence electrons. The van der Waals surface area contributed by atoms with Gasteiger partial charge in [0.05, 0.1) is 24.1 Å². The van der Waals surface area contributed by atoms with E-state index in [0.717, 1.165) is 18.9 Å². The summed E-state index contributed by atoms with van der Waals surface area (Å²) >= 11 is -0.215. The zero-order valence-electron chi connectivity index (χ0n) is 15.4. The van der Waals surface area contributed by atoms with E-state index >= 15 is 0 Å². The Morgan fingerprint density at radius 1 is 1.14 bits per heavy atom. The Balaban J connectivity index is 1.61. The van der Waals surface area contributed by atoms with Crippen molar-refractivity contribution in [1.82, 2.24) is 4.98 Å². The van der Waals surface area contributed by atoms with Gasteiger partial charge in [0.15, 0.2) is 0 Å². The van der Waals surface area contributed by atoms with Gasteiger partial charge in [-0.05, 0) is 62.0 Å².